The van der Waals surface area contributed by atoms with Crippen LogP contribution in [0, 0.1) is 6.92 Å². The minimum atomic E-state index is 0.272. The summed E-state index contributed by atoms with van der Waals surface area (Å²) in [6, 6.07) is 7.77. The molecular formula is C15H17N7O. The first-order chi connectivity index (χ1) is 11.3. The van der Waals surface area contributed by atoms with Crippen LogP contribution in [0.2, 0.25) is 0 Å². The first-order valence-electron chi connectivity index (χ1n) is 7.41. The third-order valence-electron chi connectivity index (χ3n) is 3.19. The van der Waals surface area contributed by atoms with E-state index in [0.717, 1.165) is 16.6 Å². The molecule has 4 aromatic rings. The number of nitrogens with one attached hydrogen (secondary N) is 1. The van der Waals surface area contributed by atoms with Crippen LogP contribution in [0.25, 0.3) is 16.6 Å². The zero-order valence-corrected chi connectivity index (χ0v) is 13.2. The van der Waals surface area contributed by atoms with Crippen molar-refractivity contribution in [1.29, 1.82) is 0 Å². The molecule has 8 heteroatoms. The summed E-state index contributed by atoms with van der Waals surface area (Å²) in [6.07, 6.45) is 1.44. The standard InChI is InChI=1S/C13H11N7O.C2H6/c1-8-12-16-13(21-6-11-14-7-15-18-11)9-4-2-3-5-10(9)20(12)19-17-8;1-2/h2-5,7H,6H2,1H3,(H,14,15,18);1-2H3. The quantitative estimate of drug-likeness (QED) is 0.624. The van der Waals surface area contributed by atoms with Gasteiger partial charge in [-0.15, -0.1) is 5.10 Å². The number of hydrogen-bond acceptors (Lipinski definition) is 6. The fourth-order valence-electron chi connectivity index (χ4n) is 2.19. The zero-order valence-electron chi connectivity index (χ0n) is 13.2. The van der Waals surface area contributed by atoms with Crippen LogP contribution in [-0.2, 0) is 6.61 Å². The van der Waals surface area contributed by atoms with Crippen molar-refractivity contribution in [2.45, 2.75) is 27.4 Å². The summed E-state index contributed by atoms with van der Waals surface area (Å²) in [5, 5.41) is 15.6. The molecule has 0 atom stereocenters. The Bertz CT molecular complexity index is 914. The number of para-hydroxylation sites is 1. The van der Waals surface area contributed by atoms with E-state index in [0.29, 0.717) is 17.4 Å². The lowest BCUT2D eigenvalue weighted by atomic mass is 10.2. The van der Waals surface area contributed by atoms with Crippen LogP contribution in [-0.4, -0.2) is 35.0 Å². The lowest BCUT2D eigenvalue weighted by molar-refractivity contribution is 0.289. The summed E-state index contributed by atoms with van der Waals surface area (Å²) < 4.78 is 7.50. The van der Waals surface area contributed by atoms with Crippen molar-refractivity contribution in [3.63, 3.8) is 0 Å². The molecule has 0 aliphatic carbocycles. The van der Waals surface area contributed by atoms with Crippen LogP contribution in [0.1, 0.15) is 25.4 Å². The highest BCUT2D eigenvalue weighted by atomic mass is 16.5. The van der Waals surface area contributed by atoms with Crippen molar-refractivity contribution < 1.29 is 4.74 Å². The third-order valence-corrected chi connectivity index (χ3v) is 3.19. The highest BCUT2D eigenvalue weighted by Crippen LogP contribution is 2.25. The average molecular weight is 311 g/mol. The van der Waals surface area contributed by atoms with Crippen LogP contribution in [0.15, 0.2) is 30.6 Å². The largest absolute Gasteiger partial charge is 0.469 e. The summed E-state index contributed by atoms with van der Waals surface area (Å²) in [6.45, 7) is 6.14. The van der Waals surface area contributed by atoms with Gasteiger partial charge in [0.05, 0.1) is 10.9 Å². The van der Waals surface area contributed by atoms with Gasteiger partial charge in [0.1, 0.15) is 18.6 Å². The fourth-order valence-corrected chi connectivity index (χ4v) is 2.19. The van der Waals surface area contributed by atoms with Crippen molar-refractivity contribution in [3.05, 3.63) is 42.1 Å². The Morgan fingerprint density at radius 1 is 1.22 bits per heavy atom. The van der Waals surface area contributed by atoms with Crippen LogP contribution in [0.4, 0.5) is 0 Å². The number of aromatic amines is 1. The fraction of sp³-hybridized carbons (Fsp3) is 0.267. The van der Waals surface area contributed by atoms with Gasteiger partial charge in [-0.25, -0.2) is 4.98 Å². The van der Waals surface area contributed by atoms with E-state index >= 15 is 0 Å². The van der Waals surface area contributed by atoms with E-state index < -0.39 is 0 Å². The van der Waals surface area contributed by atoms with Gasteiger partial charge >= 0.3 is 0 Å². The van der Waals surface area contributed by atoms with Crippen LogP contribution in [0.5, 0.6) is 5.88 Å². The van der Waals surface area contributed by atoms with Crippen molar-refractivity contribution in [3.8, 4) is 5.88 Å². The van der Waals surface area contributed by atoms with Crippen LogP contribution < -0.4 is 4.74 Å². The number of aromatic nitrogens is 7. The average Bonchev–Trinajstić information content (AvgIpc) is 3.25. The second-order valence-corrected chi connectivity index (χ2v) is 4.57. The Morgan fingerprint density at radius 3 is 2.83 bits per heavy atom. The molecule has 0 saturated heterocycles. The third kappa shape index (κ3) is 2.70. The molecule has 0 bridgehead atoms. The second kappa shape index (κ2) is 6.39. The molecule has 0 amide bonds. The first-order valence-corrected chi connectivity index (χ1v) is 7.41. The van der Waals surface area contributed by atoms with Gasteiger partial charge < -0.3 is 4.74 Å². The Kier molecular flexibility index (Phi) is 4.13. The molecule has 23 heavy (non-hydrogen) atoms. The number of benzene rings is 1. The molecule has 118 valence electrons. The summed E-state index contributed by atoms with van der Waals surface area (Å²) >= 11 is 0. The molecule has 3 aromatic heterocycles. The highest BCUT2D eigenvalue weighted by Gasteiger charge is 2.13. The van der Waals surface area contributed by atoms with Crippen molar-refractivity contribution in [2.24, 2.45) is 0 Å². The predicted molar refractivity (Wildman–Crippen MR) is 85.1 cm³/mol. The van der Waals surface area contributed by atoms with Gasteiger partial charge in [0.2, 0.25) is 5.88 Å². The van der Waals surface area contributed by atoms with E-state index in [-0.39, 0.29) is 6.61 Å². The van der Waals surface area contributed by atoms with Gasteiger partial charge in [-0.3, -0.25) is 5.10 Å². The van der Waals surface area contributed by atoms with Crippen LogP contribution in [0.3, 0.4) is 0 Å². The lowest BCUT2D eigenvalue weighted by Crippen LogP contribution is -2.03. The normalized spacial score (nSPS) is 10.6. The molecule has 8 nitrogen and oxygen atoms in total. The van der Waals surface area contributed by atoms with Crippen LogP contribution >= 0.6 is 0 Å². The topological polar surface area (TPSA) is 93.9 Å². The number of ether oxygens (including phenoxy) is 1. The Hall–Kier alpha value is -3.03. The lowest BCUT2D eigenvalue weighted by Gasteiger charge is -2.08. The summed E-state index contributed by atoms with van der Waals surface area (Å²) in [4.78, 5) is 8.55. The Balaban J connectivity index is 0.000000753. The maximum absolute atomic E-state index is 5.78. The number of nitrogens with zero attached hydrogens (tertiary/aromatic N) is 6. The molecule has 4 rings (SSSR count). The summed E-state index contributed by atoms with van der Waals surface area (Å²) in [7, 11) is 0. The van der Waals surface area contributed by atoms with E-state index in [1.54, 1.807) is 4.52 Å². The van der Waals surface area contributed by atoms with E-state index in [1.165, 1.54) is 6.33 Å². The number of H-pyrrole nitrogens is 1. The van der Waals surface area contributed by atoms with Crippen molar-refractivity contribution >= 4 is 16.6 Å². The van der Waals surface area contributed by atoms with Crippen molar-refractivity contribution in [1.82, 2.24) is 35.0 Å². The Labute approximate surface area is 132 Å². The number of hydrogen-bond donors (Lipinski definition) is 1. The second-order valence-electron chi connectivity index (χ2n) is 4.57. The molecular weight excluding hydrogens is 294 g/mol. The number of fused-ring (bicyclic) bond motifs is 3. The maximum Gasteiger partial charge on any atom is 0.225 e. The van der Waals surface area contributed by atoms with E-state index in [9.17, 15) is 0 Å². The van der Waals surface area contributed by atoms with E-state index in [2.05, 4.69) is 30.5 Å². The minimum Gasteiger partial charge on any atom is -0.469 e. The summed E-state index contributed by atoms with van der Waals surface area (Å²) in [5.41, 5.74) is 2.34. The first kappa shape index (κ1) is 14.9. The molecule has 0 aliphatic rings. The van der Waals surface area contributed by atoms with Gasteiger partial charge in [-0.05, 0) is 19.1 Å². The monoisotopic (exact) mass is 311 g/mol. The van der Waals surface area contributed by atoms with Gasteiger partial charge in [-0.2, -0.15) is 14.6 Å². The molecule has 0 saturated carbocycles. The molecule has 1 aromatic carbocycles. The summed E-state index contributed by atoms with van der Waals surface area (Å²) in [5.74, 6) is 1.17. The molecule has 0 spiro atoms. The molecule has 0 radical (unpaired) electrons. The molecule has 0 fully saturated rings. The molecule has 3 heterocycles. The van der Waals surface area contributed by atoms with Gasteiger partial charge in [0.25, 0.3) is 0 Å². The smallest absolute Gasteiger partial charge is 0.225 e. The van der Waals surface area contributed by atoms with Gasteiger partial charge in [-0.1, -0.05) is 31.2 Å². The maximum atomic E-state index is 5.78. The number of aryl methyl sites for hydroxylation is 1. The zero-order chi connectivity index (χ0) is 16.2. The highest BCUT2D eigenvalue weighted by molar-refractivity contribution is 5.86. The van der Waals surface area contributed by atoms with Gasteiger partial charge in [0.15, 0.2) is 11.5 Å². The van der Waals surface area contributed by atoms with Gasteiger partial charge in [0, 0.05) is 0 Å². The number of rotatable bonds is 3. The SMILES string of the molecule is CC.Cc1nnn2c1nc(OCc1ncn[nH]1)c1ccccc12. The minimum absolute atomic E-state index is 0.272. The van der Waals surface area contributed by atoms with E-state index in [4.69, 9.17) is 4.74 Å². The van der Waals surface area contributed by atoms with E-state index in [1.807, 2.05) is 45.0 Å². The Morgan fingerprint density at radius 2 is 2.04 bits per heavy atom. The molecule has 0 unspecified atom stereocenters. The predicted octanol–water partition coefficient (Wildman–Crippen LogP) is 2.31. The van der Waals surface area contributed by atoms with Crippen molar-refractivity contribution in [2.75, 3.05) is 0 Å². The molecule has 1 N–H and O–H groups in total. The molecule has 0 aliphatic heterocycles.